The van der Waals surface area contributed by atoms with Crippen LogP contribution in [0.25, 0.3) is 0 Å². The molecule has 1 radical (unpaired) electrons. The SMILES string of the molecule is CO[C@@H]1[C@@H](O[C@@H]2O[C@H](C)[C@@H](O)[C@H](N(C)C)[C@H]2O)[C@@H](C[CH]OO[C@H]2[C@H](O[C@H]3[C@@H](CC=O)C[C@@H](C)[C@@H](O[C@H]4CC[C@H](N(C)C)[C@@H](C)O4)/C=C\C=C/C[C@@H](C)OC(=O)C[C@@H](O)[C@@H]3OC)O[C@H](C)[C@@H](O)[C@@H]2N(C)C)C[C@@H](C)[C@@H](O[C@H]2CC[C@H](N(C)C)[C@@H](C)O2)/C=C\C=C/C[C@@H](C)OC(=O)C[C@H]1O. The number of esters is 2. The number of carbonyl (C=O) groups excluding carboxylic acids is 3. The fraction of sp³-hybridized carbons (Fsp3) is 0.833. The quantitative estimate of drug-likeness (QED) is 0.0331. The number of rotatable bonds is 21. The summed E-state index contributed by atoms with van der Waals surface area (Å²) in [7, 11) is 17.8. The molecule has 6 heterocycles. The van der Waals surface area contributed by atoms with Crippen molar-refractivity contribution < 1.29 is 107 Å². The monoisotopic (exact) mass is 1400 g/mol. The van der Waals surface area contributed by atoms with E-state index < -0.39 is 172 Å². The van der Waals surface area contributed by atoms with Crippen LogP contribution in [0.1, 0.15) is 132 Å². The molecular formula is C72H123N4O22. The van der Waals surface area contributed by atoms with E-state index in [0.717, 1.165) is 19.1 Å². The average Bonchev–Trinajstić information content (AvgIpc) is 0.793. The van der Waals surface area contributed by atoms with Gasteiger partial charge in [-0.25, -0.2) is 9.78 Å². The summed E-state index contributed by atoms with van der Waals surface area (Å²) in [6, 6.07) is -1.39. The first-order valence-electron chi connectivity index (χ1n) is 35.5. The zero-order valence-corrected chi connectivity index (χ0v) is 61.5. The van der Waals surface area contributed by atoms with Gasteiger partial charge in [-0.1, -0.05) is 62.5 Å². The van der Waals surface area contributed by atoms with Crippen LogP contribution in [0.5, 0.6) is 0 Å². The van der Waals surface area contributed by atoms with Crippen LogP contribution in [0.3, 0.4) is 0 Å². The predicted molar refractivity (Wildman–Crippen MR) is 363 cm³/mol. The van der Waals surface area contributed by atoms with E-state index in [0.29, 0.717) is 25.7 Å². The molecule has 563 valence electrons. The molecule has 4 fully saturated rings. The maximum Gasteiger partial charge on any atom is 0.308 e. The Bertz CT molecular complexity index is 2480. The molecule has 5 N–H and O–H groups in total. The number of aldehydes is 1. The third kappa shape index (κ3) is 23.9. The van der Waals surface area contributed by atoms with Crippen LogP contribution in [-0.2, 0) is 81.0 Å². The van der Waals surface area contributed by atoms with Crippen molar-refractivity contribution in [1.29, 1.82) is 0 Å². The molecule has 26 nitrogen and oxygen atoms in total. The lowest BCUT2D eigenvalue weighted by atomic mass is 9.82. The number of aliphatic hydroxyl groups excluding tert-OH is 5. The van der Waals surface area contributed by atoms with E-state index in [9.17, 15) is 39.9 Å². The number of likely N-dealkylation sites (N-methyl/N-ethyl adjacent to an activating group) is 4. The molecule has 0 aromatic rings. The molecule has 0 unspecified atom stereocenters. The van der Waals surface area contributed by atoms with E-state index in [2.05, 4.69) is 9.80 Å². The minimum Gasteiger partial charge on any atom is -0.462 e. The fourth-order valence-corrected chi connectivity index (χ4v) is 14.9. The van der Waals surface area contributed by atoms with Crippen LogP contribution in [-0.4, -0.2) is 293 Å². The van der Waals surface area contributed by atoms with Crippen molar-refractivity contribution in [3.05, 3.63) is 55.2 Å². The second kappa shape index (κ2) is 40.7. The number of hydrogen-bond donors (Lipinski definition) is 5. The molecule has 0 saturated carbocycles. The zero-order valence-electron chi connectivity index (χ0n) is 61.5. The second-order valence-corrected chi connectivity index (χ2v) is 29.0. The summed E-state index contributed by atoms with van der Waals surface area (Å²) in [6.07, 6.45) is -2.29. The minimum atomic E-state index is -1.54. The number of aliphatic hydroxyl groups is 5. The molecule has 0 spiro atoms. The van der Waals surface area contributed by atoms with Gasteiger partial charge in [0.05, 0.1) is 98.2 Å². The van der Waals surface area contributed by atoms with Gasteiger partial charge in [-0.2, -0.15) is 0 Å². The van der Waals surface area contributed by atoms with Gasteiger partial charge >= 0.3 is 11.9 Å². The molecule has 98 heavy (non-hydrogen) atoms. The molecule has 30 atom stereocenters. The van der Waals surface area contributed by atoms with E-state index in [4.69, 9.17) is 66.6 Å². The summed E-state index contributed by atoms with van der Waals surface area (Å²) in [5.74, 6) is -3.58. The number of carbonyl (C=O) groups is 3. The van der Waals surface area contributed by atoms with Crippen molar-refractivity contribution in [2.24, 2.45) is 23.7 Å². The van der Waals surface area contributed by atoms with Crippen molar-refractivity contribution in [2.45, 2.75) is 292 Å². The molecule has 0 amide bonds. The van der Waals surface area contributed by atoms with Crippen LogP contribution >= 0.6 is 0 Å². The lowest BCUT2D eigenvalue weighted by molar-refractivity contribution is -0.396. The van der Waals surface area contributed by atoms with E-state index in [1.54, 1.807) is 65.7 Å². The van der Waals surface area contributed by atoms with Crippen molar-refractivity contribution in [1.82, 2.24) is 19.6 Å². The first-order chi connectivity index (χ1) is 46.5. The second-order valence-electron chi connectivity index (χ2n) is 29.0. The molecule has 6 aliphatic heterocycles. The Morgan fingerprint density at radius 1 is 0.490 bits per heavy atom. The maximum atomic E-state index is 13.7. The first-order valence-corrected chi connectivity index (χ1v) is 35.5. The largest absolute Gasteiger partial charge is 0.462 e. The Labute approximate surface area is 583 Å². The van der Waals surface area contributed by atoms with Crippen molar-refractivity contribution >= 4 is 18.2 Å². The number of allylic oxidation sites excluding steroid dienone is 4. The predicted octanol–water partition coefficient (Wildman–Crippen LogP) is 5.04. The topological polar surface area (TPSA) is 295 Å². The summed E-state index contributed by atoms with van der Waals surface area (Å²) < 4.78 is 77.6. The number of ether oxygens (including phenoxy) is 12. The van der Waals surface area contributed by atoms with Crippen molar-refractivity contribution in [3.8, 4) is 0 Å². The van der Waals surface area contributed by atoms with Gasteiger partial charge in [0.1, 0.15) is 43.4 Å². The third-order valence-electron chi connectivity index (χ3n) is 20.4. The van der Waals surface area contributed by atoms with E-state index in [1.807, 2.05) is 104 Å². The highest BCUT2D eigenvalue weighted by Crippen LogP contribution is 2.39. The van der Waals surface area contributed by atoms with Crippen molar-refractivity contribution in [3.63, 3.8) is 0 Å². The van der Waals surface area contributed by atoms with Crippen LogP contribution < -0.4 is 0 Å². The molecule has 0 bridgehead atoms. The Kier molecular flexibility index (Phi) is 34.7. The van der Waals surface area contributed by atoms with Gasteiger partial charge in [-0.15, -0.1) is 0 Å². The minimum absolute atomic E-state index is 0.0488. The van der Waals surface area contributed by atoms with Gasteiger partial charge < -0.3 is 107 Å². The van der Waals surface area contributed by atoms with Gasteiger partial charge in [-0.3, -0.25) is 9.59 Å². The van der Waals surface area contributed by atoms with Crippen LogP contribution in [0.15, 0.2) is 48.6 Å². The molecule has 26 heteroatoms. The molecular weight excluding hydrogens is 1270 g/mol. The van der Waals surface area contributed by atoms with Crippen LogP contribution in [0, 0.1) is 30.3 Å². The zero-order chi connectivity index (χ0) is 72.2. The summed E-state index contributed by atoms with van der Waals surface area (Å²) in [5.41, 5.74) is 0. The molecule has 6 aliphatic rings. The van der Waals surface area contributed by atoms with E-state index in [-0.39, 0.29) is 61.8 Å². The molecule has 4 saturated heterocycles. The van der Waals surface area contributed by atoms with Gasteiger partial charge in [0, 0.05) is 45.6 Å². The number of cyclic esters (lactones) is 2. The van der Waals surface area contributed by atoms with Crippen LogP contribution in [0.4, 0.5) is 0 Å². The van der Waals surface area contributed by atoms with Gasteiger partial charge in [0.2, 0.25) is 0 Å². The van der Waals surface area contributed by atoms with Gasteiger partial charge in [0.25, 0.3) is 0 Å². The Morgan fingerprint density at radius 2 is 0.918 bits per heavy atom. The maximum absolute atomic E-state index is 13.7. The summed E-state index contributed by atoms with van der Waals surface area (Å²) in [6.45, 7) is 16.3. The molecule has 0 aromatic carbocycles. The third-order valence-corrected chi connectivity index (χ3v) is 20.4. The van der Waals surface area contributed by atoms with E-state index in [1.165, 1.54) is 20.8 Å². The smallest absolute Gasteiger partial charge is 0.308 e. The van der Waals surface area contributed by atoms with Gasteiger partial charge in [0.15, 0.2) is 31.3 Å². The first kappa shape index (κ1) is 83.7. The highest BCUT2D eigenvalue weighted by atomic mass is 17.2. The molecule has 6 rings (SSSR count). The number of nitrogens with zero attached hydrogens (tertiary/aromatic N) is 4. The Morgan fingerprint density at radius 3 is 1.34 bits per heavy atom. The average molecular weight is 1400 g/mol. The normalized spacial score (nSPS) is 43.5. The lowest BCUT2D eigenvalue weighted by Crippen LogP contribution is -2.64. The standard InChI is InChI=1S/C72H123N4O22/c1-41-37-49(33-35-77)66(68(85-17)53(78)39-57(80)88-43(3)25-21-19-23-27-55(41)94-59-31-29-51(73(9)10)45(5)90-59)97-72-70(62(76(15)16)64(83)48(8)93-72)98-87-36-34-50-38-42(2)56(95-60-32-30-52(74(11)12)46(6)91-60)28-24-20-22-26-44(4)89-58(81)40-54(79)69(86-18)67(50)96-71-65(84)61(75(13)14)63(82)47(7)92-71/h19-24,27-28,35-36,41-56,59-72,78-79,82-84H,25-26,29-34,37-40H2,1-18H3/b21-19-,22-20-,27-23-,28-24-/t41-,42-,43-,44-,45-,46-,47-,48-,49+,50+,51+,52+,53-,54-,55+,56+,59+,60+,61+,62+,63-,64-,65-,66+,67+,68+,69+,70-,71+,72+/m1/s1. The highest BCUT2D eigenvalue weighted by Gasteiger charge is 2.52. The molecule has 0 aliphatic carbocycles. The Balaban J connectivity index is 1.40. The number of hydrogen-bond acceptors (Lipinski definition) is 26. The lowest BCUT2D eigenvalue weighted by Gasteiger charge is -2.47. The summed E-state index contributed by atoms with van der Waals surface area (Å²) >= 11 is 0. The summed E-state index contributed by atoms with van der Waals surface area (Å²) in [4.78, 5) is 60.8. The highest BCUT2D eigenvalue weighted by molar-refractivity contribution is 5.70. The van der Waals surface area contributed by atoms with Crippen molar-refractivity contribution in [2.75, 3.05) is 70.6 Å². The summed E-state index contributed by atoms with van der Waals surface area (Å²) in [5, 5.41) is 60.0. The van der Waals surface area contributed by atoms with E-state index >= 15 is 0 Å². The number of methoxy groups -OCH3 is 2. The molecule has 0 aromatic heterocycles. The van der Waals surface area contributed by atoms with Gasteiger partial charge in [-0.05, 0) is 167 Å². The fourth-order valence-electron chi connectivity index (χ4n) is 14.9. The Hall–Kier alpha value is -3.27. The van der Waals surface area contributed by atoms with Crippen LogP contribution in [0.2, 0.25) is 0 Å².